The smallest absolute Gasteiger partial charge is 0.175 e. The second kappa shape index (κ2) is 6.35. The monoisotopic (exact) mass is 255 g/mol. The van der Waals surface area contributed by atoms with Crippen molar-refractivity contribution in [2.24, 2.45) is 0 Å². The lowest BCUT2D eigenvalue weighted by molar-refractivity contribution is -0.118. The molecule has 0 fully saturated rings. The third-order valence-corrected chi connectivity index (χ3v) is 2.45. The van der Waals surface area contributed by atoms with E-state index in [9.17, 15) is 9.59 Å². The lowest BCUT2D eigenvalue weighted by atomic mass is 10.0. The third-order valence-electron chi connectivity index (χ3n) is 2.24. The largest absolute Gasteiger partial charge is 0.496 e. The molecule has 0 amide bonds. The fourth-order valence-electron chi connectivity index (χ4n) is 1.43. The molecule has 0 aliphatic rings. The van der Waals surface area contributed by atoms with E-state index in [0.29, 0.717) is 17.7 Å². The number of hydrogen-bond donors (Lipinski definition) is 0. The van der Waals surface area contributed by atoms with Crippen LogP contribution in [0.25, 0.3) is 0 Å². The van der Waals surface area contributed by atoms with Crippen LogP contribution in [0.5, 0.6) is 5.75 Å². The maximum atomic E-state index is 11.8. The molecule has 0 spiro atoms. The molecule has 0 aliphatic carbocycles. The first-order chi connectivity index (χ1) is 8.08. The minimum atomic E-state index is -0.288. The highest BCUT2D eigenvalue weighted by Crippen LogP contribution is 2.22. The molecular formula is C12H14ClNO3. The SMILES string of the molecule is CCCC(=O)CC(=O)c1cnc(Cl)cc1OC. The number of methoxy groups -OCH3 is 1. The lowest BCUT2D eigenvalue weighted by Gasteiger charge is -2.06. The fourth-order valence-corrected chi connectivity index (χ4v) is 1.58. The number of nitrogens with zero attached hydrogens (tertiary/aromatic N) is 1. The highest BCUT2D eigenvalue weighted by Gasteiger charge is 2.16. The normalized spacial score (nSPS) is 10.1. The van der Waals surface area contributed by atoms with Crippen LogP contribution in [0.2, 0.25) is 5.15 Å². The molecule has 0 saturated heterocycles. The van der Waals surface area contributed by atoms with Crippen molar-refractivity contribution >= 4 is 23.2 Å². The van der Waals surface area contributed by atoms with E-state index in [2.05, 4.69) is 4.98 Å². The van der Waals surface area contributed by atoms with E-state index in [0.717, 1.165) is 6.42 Å². The number of carbonyl (C=O) groups excluding carboxylic acids is 2. The van der Waals surface area contributed by atoms with E-state index in [1.807, 2.05) is 6.92 Å². The van der Waals surface area contributed by atoms with Crippen LogP contribution in [0.1, 0.15) is 36.5 Å². The van der Waals surface area contributed by atoms with Crippen molar-refractivity contribution in [3.05, 3.63) is 23.0 Å². The van der Waals surface area contributed by atoms with Crippen LogP contribution in [0.15, 0.2) is 12.3 Å². The summed E-state index contributed by atoms with van der Waals surface area (Å²) in [4.78, 5) is 27.0. The summed E-state index contributed by atoms with van der Waals surface area (Å²) in [5.74, 6) is -0.0155. The van der Waals surface area contributed by atoms with Gasteiger partial charge in [-0.3, -0.25) is 9.59 Å². The predicted molar refractivity (Wildman–Crippen MR) is 64.7 cm³/mol. The summed E-state index contributed by atoms with van der Waals surface area (Å²) in [6.45, 7) is 1.90. The van der Waals surface area contributed by atoms with E-state index in [1.165, 1.54) is 19.4 Å². The van der Waals surface area contributed by atoms with Crippen LogP contribution in [0, 0.1) is 0 Å². The van der Waals surface area contributed by atoms with Gasteiger partial charge in [0.15, 0.2) is 5.78 Å². The van der Waals surface area contributed by atoms with E-state index < -0.39 is 0 Å². The highest BCUT2D eigenvalue weighted by molar-refractivity contribution is 6.29. The van der Waals surface area contributed by atoms with Crippen LogP contribution in [-0.2, 0) is 4.79 Å². The molecule has 17 heavy (non-hydrogen) atoms. The van der Waals surface area contributed by atoms with E-state index in [1.54, 1.807) is 0 Å². The summed E-state index contributed by atoms with van der Waals surface area (Å²) in [7, 11) is 1.44. The van der Waals surface area contributed by atoms with Gasteiger partial charge in [-0.1, -0.05) is 18.5 Å². The lowest BCUT2D eigenvalue weighted by Crippen LogP contribution is -2.09. The van der Waals surface area contributed by atoms with Gasteiger partial charge in [0.25, 0.3) is 0 Å². The third kappa shape index (κ3) is 3.82. The van der Waals surface area contributed by atoms with Crippen LogP contribution in [-0.4, -0.2) is 23.7 Å². The summed E-state index contributed by atoms with van der Waals surface area (Å²) in [6.07, 6.45) is 2.37. The molecule has 4 nitrogen and oxygen atoms in total. The van der Waals surface area contributed by atoms with Gasteiger partial charge >= 0.3 is 0 Å². The second-order valence-electron chi connectivity index (χ2n) is 3.60. The van der Waals surface area contributed by atoms with E-state index in [4.69, 9.17) is 16.3 Å². The summed E-state index contributed by atoms with van der Waals surface area (Å²) in [6, 6.07) is 1.46. The Kier molecular flexibility index (Phi) is 5.10. The minimum absolute atomic E-state index is 0.0745. The quantitative estimate of drug-likeness (QED) is 0.446. The molecule has 1 rings (SSSR count). The average Bonchev–Trinajstić information content (AvgIpc) is 2.28. The van der Waals surface area contributed by atoms with Gasteiger partial charge in [-0.25, -0.2) is 4.98 Å². The molecule has 0 aliphatic heterocycles. The molecule has 0 N–H and O–H groups in total. The molecule has 1 aromatic heterocycles. The van der Waals surface area contributed by atoms with Gasteiger partial charge in [0, 0.05) is 18.7 Å². The number of rotatable bonds is 6. The Morgan fingerprint density at radius 3 is 2.76 bits per heavy atom. The zero-order chi connectivity index (χ0) is 12.8. The van der Waals surface area contributed by atoms with Crippen molar-refractivity contribution in [1.29, 1.82) is 0 Å². The summed E-state index contributed by atoms with van der Waals surface area (Å²) < 4.78 is 5.03. The van der Waals surface area contributed by atoms with Crippen LogP contribution < -0.4 is 4.74 Å². The zero-order valence-electron chi connectivity index (χ0n) is 9.83. The Hall–Kier alpha value is -1.42. The van der Waals surface area contributed by atoms with Gasteiger partial charge < -0.3 is 4.74 Å². The van der Waals surface area contributed by atoms with E-state index >= 15 is 0 Å². The molecule has 92 valence electrons. The van der Waals surface area contributed by atoms with Crippen molar-refractivity contribution in [3.8, 4) is 5.75 Å². The highest BCUT2D eigenvalue weighted by atomic mass is 35.5. The van der Waals surface area contributed by atoms with Gasteiger partial charge in [-0.15, -0.1) is 0 Å². The Labute approximate surface area is 105 Å². The number of ether oxygens (including phenoxy) is 1. The average molecular weight is 256 g/mol. The van der Waals surface area contributed by atoms with Crippen molar-refractivity contribution < 1.29 is 14.3 Å². The Morgan fingerprint density at radius 2 is 2.18 bits per heavy atom. The molecule has 0 radical (unpaired) electrons. The Bertz CT molecular complexity index is 432. The molecule has 1 aromatic rings. The maximum Gasteiger partial charge on any atom is 0.175 e. The van der Waals surface area contributed by atoms with Crippen molar-refractivity contribution in [1.82, 2.24) is 4.98 Å². The van der Waals surface area contributed by atoms with E-state index in [-0.39, 0.29) is 23.1 Å². The van der Waals surface area contributed by atoms with Crippen LogP contribution >= 0.6 is 11.6 Å². The number of hydrogen-bond acceptors (Lipinski definition) is 4. The minimum Gasteiger partial charge on any atom is -0.496 e. The summed E-state index contributed by atoms with van der Waals surface area (Å²) >= 11 is 5.69. The molecule has 0 bridgehead atoms. The van der Waals surface area contributed by atoms with Gasteiger partial charge in [-0.05, 0) is 6.42 Å². The van der Waals surface area contributed by atoms with Crippen molar-refractivity contribution in [2.75, 3.05) is 7.11 Å². The number of ketones is 2. The van der Waals surface area contributed by atoms with Crippen LogP contribution in [0.4, 0.5) is 0 Å². The number of aromatic nitrogens is 1. The van der Waals surface area contributed by atoms with Gasteiger partial charge in [0.2, 0.25) is 0 Å². The first kappa shape index (κ1) is 13.6. The molecule has 1 heterocycles. The fraction of sp³-hybridized carbons (Fsp3) is 0.417. The van der Waals surface area contributed by atoms with Crippen LogP contribution in [0.3, 0.4) is 0 Å². The predicted octanol–water partition coefficient (Wildman–Crippen LogP) is 2.69. The summed E-state index contributed by atoms with van der Waals surface area (Å²) in [5, 5.41) is 0.248. The standard InChI is InChI=1S/C12H14ClNO3/c1-3-4-8(15)5-10(16)9-7-14-12(13)6-11(9)17-2/h6-7H,3-5H2,1-2H3. The number of halogens is 1. The topological polar surface area (TPSA) is 56.3 Å². The Morgan fingerprint density at radius 1 is 1.47 bits per heavy atom. The number of carbonyl (C=O) groups is 2. The Balaban J connectivity index is 2.85. The molecular weight excluding hydrogens is 242 g/mol. The molecule has 0 atom stereocenters. The molecule has 0 unspecified atom stereocenters. The number of Topliss-reactive ketones (excluding diaryl/α,β-unsaturated/α-hetero) is 2. The van der Waals surface area contributed by atoms with Crippen molar-refractivity contribution in [2.45, 2.75) is 26.2 Å². The molecule has 0 saturated carbocycles. The molecule has 5 heteroatoms. The first-order valence-corrected chi connectivity index (χ1v) is 5.70. The second-order valence-corrected chi connectivity index (χ2v) is 3.98. The van der Waals surface area contributed by atoms with Gasteiger partial charge in [0.1, 0.15) is 16.7 Å². The molecule has 0 aromatic carbocycles. The van der Waals surface area contributed by atoms with Gasteiger partial charge in [-0.2, -0.15) is 0 Å². The zero-order valence-corrected chi connectivity index (χ0v) is 10.6. The van der Waals surface area contributed by atoms with Crippen molar-refractivity contribution in [3.63, 3.8) is 0 Å². The summed E-state index contributed by atoms with van der Waals surface area (Å²) in [5.41, 5.74) is 0.293. The number of pyridine rings is 1. The first-order valence-electron chi connectivity index (χ1n) is 5.33. The van der Waals surface area contributed by atoms with Gasteiger partial charge in [0.05, 0.1) is 19.1 Å². The maximum absolute atomic E-state index is 11.8.